The number of alkyl halides is 3. The molecule has 17 heavy (non-hydrogen) atoms. The highest BCUT2D eigenvalue weighted by molar-refractivity contribution is 7.98. The van der Waals surface area contributed by atoms with Gasteiger partial charge in [-0.2, -0.15) is 24.9 Å². The molecule has 0 bridgehead atoms. The number of hydrogen-bond donors (Lipinski definition) is 1. The summed E-state index contributed by atoms with van der Waals surface area (Å²) in [5.74, 6) is -0.696. The second-order valence-corrected chi connectivity index (χ2v) is 4.52. The first kappa shape index (κ1) is 14.3. The molecule has 0 aliphatic heterocycles. The van der Waals surface area contributed by atoms with Crippen LogP contribution in [-0.4, -0.2) is 17.1 Å². The molecule has 1 unspecified atom stereocenters. The highest BCUT2D eigenvalue weighted by Gasteiger charge is 2.34. The molecule has 1 N–H and O–H groups in total. The molecular formula is C11H12F4OS. The summed E-state index contributed by atoms with van der Waals surface area (Å²) in [4.78, 5) is 0. The number of rotatable bonds is 4. The van der Waals surface area contributed by atoms with E-state index in [9.17, 15) is 22.7 Å². The van der Waals surface area contributed by atoms with Crippen molar-refractivity contribution in [2.75, 3.05) is 12.0 Å². The first-order valence-corrected chi connectivity index (χ1v) is 6.29. The van der Waals surface area contributed by atoms with Crippen molar-refractivity contribution >= 4 is 11.8 Å². The van der Waals surface area contributed by atoms with Crippen LogP contribution in [0, 0.1) is 5.82 Å². The van der Waals surface area contributed by atoms with Crippen molar-refractivity contribution in [3.63, 3.8) is 0 Å². The molecule has 0 radical (unpaired) electrons. The Morgan fingerprint density at radius 2 is 2.00 bits per heavy atom. The minimum atomic E-state index is -4.74. The molecule has 0 aromatic heterocycles. The Hall–Kier alpha value is -0.750. The van der Waals surface area contributed by atoms with E-state index in [0.717, 1.165) is 6.07 Å². The first-order valence-electron chi connectivity index (χ1n) is 4.90. The number of benzene rings is 1. The van der Waals surface area contributed by atoms with Gasteiger partial charge in [-0.25, -0.2) is 4.39 Å². The number of hydrogen-bond acceptors (Lipinski definition) is 2. The first-order chi connectivity index (χ1) is 7.86. The lowest BCUT2D eigenvalue weighted by Gasteiger charge is -2.14. The Morgan fingerprint density at radius 3 is 2.53 bits per heavy atom. The largest absolute Gasteiger partial charge is 0.419 e. The zero-order chi connectivity index (χ0) is 13.1. The van der Waals surface area contributed by atoms with Crippen molar-refractivity contribution in [2.45, 2.75) is 18.7 Å². The molecule has 1 aromatic carbocycles. The van der Waals surface area contributed by atoms with Crippen LogP contribution in [0.2, 0.25) is 0 Å². The van der Waals surface area contributed by atoms with Crippen LogP contribution in [-0.2, 0) is 6.18 Å². The fourth-order valence-electron chi connectivity index (χ4n) is 1.36. The second-order valence-electron chi connectivity index (χ2n) is 3.53. The van der Waals surface area contributed by atoms with Crippen molar-refractivity contribution in [3.8, 4) is 0 Å². The molecule has 1 nitrogen and oxygen atoms in total. The van der Waals surface area contributed by atoms with E-state index in [1.807, 2.05) is 6.26 Å². The molecule has 0 saturated carbocycles. The van der Waals surface area contributed by atoms with Crippen LogP contribution in [0.1, 0.15) is 23.7 Å². The lowest BCUT2D eigenvalue weighted by molar-refractivity contribution is -0.140. The van der Waals surface area contributed by atoms with E-state index >= 15 is 0 Å². The highest BCUT2D eigenvalue weighted by atomic mass is 32.2. The van der Waals surface area contributed by atoms with Gasteiger partial charge in [-0.05, 0) is 36.1 Å². The van der Waals surface area contributed by atoms with E-state index in [4.69, 9.17) is 0 Å². The van der Waals surface area contributed by atoms with Gasteiger partial charge in [0.1, 0.15) is 5.82 Å². The van der Waals surface area contributed by atoms with Gasteiger partial charge in [0.15, 0.2) is 0 Å². The van der Waals surface area contributed by atoms with Crippen molar-refractivity contribution in [3.05, 3.63) is 35.1 Å². The van der Waals surface area contributed by atoms with E-state index in [2.05, 4.69) is 0 Å². The summed E-state index contributed by atoms with van der Waals surface area (Å²) in [6.45, 7) is 0. The fraction of sp³-hybridized carbons (Fsp3) is 0.455. The van der Waals surface area contributed by atoms with E-state index in [1.165, 1.54) is 17.8 Å². The molecule has 0 heterocycles. The summed E-state index contributed by atoms with van der Waals surface area (Å²) in [6, 6.07) is 2.58. The van der Waals surface area contributed by atoms with Gasteiger partial charge in [0.2, 0.25) is 0 Å². The maximum Gasteiger partial charge on any atom is 0.419 e. The van der Waals surface area contributed by atoms with Crippen molar-refractivity contribution in [2.24, 2.45) is 0 Å². The molecule has 0 amide bonds. The van der Waals surface area contributed by atoms with Gasteiger partial charge in [-0.1, -0.05) is 6.07 Å². The minimum absolute atomic E-state index is 0.0905. The lowest BCUT2D eigenvalue weighted by atomic mass is 10.0. The molecule has 1 aromatic rings. The fourth-order valence-corrected chi connectivity index (χ4v) is 1.82. The van der Waals surface area contributed by atoms with Crippen LogP contribution in [0.4, 0.5) is 17.6 Å². The summed E-state index contributed by atoms with van der Waals surface area (Å²) in [5.41, 5.74) is -1.24. The predicted octanol–water partition coefficient (Wildman–Crippen LogP) is 3.63. The maximum atomic E-state index is 13.0. The van der Waals surface area contributed by atoms with E-state index in [1.54, 1.807) is 0 Å². The topological polar surface area (TPSA) is 20.2 Å². The molecule has 0 saturated heterocycles. The second kappa shape index (κ2) is 5.73. The molecule has 0 spiro atoms. The Balaban J connectivity index is 2.96. The van der Waals surface area contributed by atoms with Crippen LogP contribution in [0.15, 0.2) is 18.2 Å². The summed E-state index contributed by atoms with van der Waals surface area (Å²) in [7, 11) is 0. The summed E-state index contributed by atoms with van der Waals surface area (Å²) in [6.07, 6.45) is -3.56. The van der Waals surface area contributed by atoms with E-state index in [0.29, 0.717) is 18.2 Å². The van der Waals surface area contributed by atoms with Crippen molar-refractivity contribution < 1.29 is 22.7 Å². The van der Waals surface area contributed by atoms with Crippen LogP contribution < -0.4 is 0 Å². The van der Waals surface area contributed by atoms with Gasteiger partial charge < -0.3 is 5.11 Å². The monoisotopic (exact) mass is 268 g/mol. The number of aliphatic hydroxyl groups is 1. The zero-order valence-corrected chi connectivity index (χ0v) is 9.91. The van der Waals surface area contributed by atoms with Gasteiger partial charge in [0, 0.05) is 0 Å². The molecule has 6 heteroatoms. The Morgan fingerprint density at radius 1 is 1.35 bits per heavy atom. The molecule has 0 fully saturated rings. The highest BCUT2D eigenvalue weighted by Crippen LogP contribution is 2.33. The summed E-state index contributed by atoms with van der Waals surface area (Å²) >= 11 is 1.48. The SMILES string of the molecule is CSCCC(O)c1ccc(F)c(C(F)(F)F)c1. The Labute approximate surface area is 101 Å². The zero-order valence-electron chi connectivity index (χ0n) is 9.09. The quantitative estimate of drug-likeness (QED) is 0.841. The van der Waals surface area contributed by atoms with Gasteiger partial charge in [0.05, 0.1) is 11.7 Å². The van der Waals surface area contributed by atoms with Crippen LogP contribution >= 0.6 is 11.8 Å². The average molecular weight is 268 g/mol. The van der Waals surface area contributed by atoms with Crippen LogP contribution in [0.5, 0.6) is 0 Å². The summed E-state index contributed by atoms with van der Waals surface area (Å²) < 4.78 is 50.2. The van der Waals surface area contributed by atoms with Crippen LogP contribution in [0.25, 0.3) is 0 Å². The molecule has 1 atom stereocenters. The van der Waals surface area contributed by atoms with Gasteiger partial charge >= 0.3 is 6.18 Å². The molecular weight excluding hydrogens is 256 g/mol. The third kappa shape index (κ3) is 3.89. The molecule has 96 valence electrons. The van der Waals surface area contributed by atoms with Crippen molar-refractivity contribution in [1.29, 1.82) is 0 Å². The maximum absolute atomic E-state index is 13.0. The predicted molar refractivity (Wildman–Crippen MR) is 59.4 cm³/mol. The van der Waals surface area contributed by atoms with Crippen LogP contribution in [0.3, 0.4) is 0 Å². The number of halogens is 4. The Kier molecular flexibility index (Phi) is 4.82. The summed E-state index contributed by atoms with van der Waals surface area (Å²) in [5, 5.41) is 9.63. The Bertz CT molecular complexity index is 378. The third-order valence-corrected chi connectivity index (χ3v) is 2.92. The molecule has 1 rings (SSSR count). The smallest absolute Gasteiger partial charge is 0.388 e. The van der Waals surface area contributed by atoms with E-state index in [-0.39, 0.29) is 5.56 Å². The van der Waals surface area contributed by atoms with Crippen molar-refractivity contribution in [1.82, 2.24) is 0 Å². The molecule has 0 aliphatic rings. The lowest BCUT2D eigenvalue weighted by Crippen LogP contribution is -2.10. The number of aliphatic hydroxyl groups excluding tert-OH is 1. The molecule has 0 aliphatic carbocycles. The standard InChI is InChI=1S/C11H12F4OS/c1-17-5-4-10(16)7-2-3-9(12)8(6-7)11(13,14)15/h2-3,6,10,16H,4-5H2,1H3. The third-order valence-electron chi connectivity index (χ3n) is 2.28. The van der Waals surface area contributed by atoms with E-state index < -0.39 is 23.7 Å². The number of thioether (sulfide) groups is 1. The van der Waals surface area contributed by atoms with Gasteiger partial charge in [-0.3, -0.25) is 0 Å². The minimum Gasteiger partial charge on any atom is -0.388 e. The van der Waals surface area contributed by atoms with Gasteiger partial charge in [-0.15, -0.1) is 0 Å². The van der Waals surface area contributed by atoms with Gasteiger partial charge in [0.25, 0.3) is 0 Å². The average Bonchev–Trinajstić information content (AvgIpc) is 2.25. The normalized spacial score (nSPS) is 13.8.